The van der Waals surface area contributed by atoms with E-state index in [0.717, 1.165) is 34.9 Å². The average Bonchev–Trinajstić information content (AvgIpc) is 3.07. The molecule has 0 radical (unpaired) electrons. The first-order chi connectivity index (χ1) is 13.9. The van der Waals surface area contributed by atoms with Crippen molar-refractivity contribution in [2.45, 2.75) is 19.3 Å². The molecule has 2 heterocycles. The molecule has 0 atom stereocenters. The van der Waals surface area contributed by atoms with Crippen molar-refractivity contribution in [2.75, 3.05) is 24.1 Å². The molecule has 154 valence electrons. The summed E-state index contributed by atoms with van der Waals surface area (Å²) in [5, 5.41) is 12.5. The molecule has 1 amide bonds. The molecule has 0 saturated carbocycles. The summed E-state index contributed by atoms with van der Waals surface area (Å²) < 4.78 is 25.1. The molecule has 0 bridgehead atoms. The van der Waals surface area contributed by atoms with Gasteiger partial charge in [0.15, 0.2) is 0 Å². The number of amides is 1. The van der Waals surface area contributed by atoms with Crippen LogP contribution < -0.4 is 10.0 Å². The lowest BCUT2D eigenvalue weighted by Gasteiger charge is -2.06. The summed E-state index contributed by atoms with van der Waals surface area (Å²) in [6.45, 7) is 0.661. The van der Waals surface area contributed by atoms with Gasteiger partial charge in [0.05, 0.1) is 12.7 Å². The maximum atomic E-state index is 12.1. The van der Waals surface area contributed by atoms with Crippen molar-refractivity contribution in [3.8, 4) is 11.1 Å². The zero-order valence-corrected chi connectivity index (χ0v) is 16.9. The number of aliphatic hydroxyl groups excluding tert-OH is 1. The topological polar surface area (TPSA) is 124 Å². The summed E-state index contributed by atoms with van der Waals surface area (Å²) in [7, 11) is -3.32. The fraction of sp³-hybridized carbons (Fsp3) is 0.300. The summed E-state index contributed by atoms with van der Waals surface area (Å²) in [5.74, 6) is -0.0905. The Morgan fingerprint density at radius 3 is 2.62 bits per heavy atom. The molecular weight excluding hydrogens is 392 g/mol. The minimum atomic E-state index is -3.32. The van der Waals surface area contributed by atoms with Crippen LogP contribution in [-0.2, 0) is 21.2 Å². The Morgan fingerprint density at radius 1 is 1.17 bits per heavy atom. The highest BCUT2D eigenvalue weighted by molar-refractivity contribution is 7.92. The number of rotatable bonds is 9. The number of aromatic nitrogens is 2. The lowest BCUT2D eigenvalue weighted by atomic mass is 10.0. The van der Waals surface area contributed by atoms with Crippen molar-refractivity contribution in [3.63, 3.8) is 0 Å². The van der Waals surface area contributed by atoms with Gasteiger partial charge in [-0.3, -0.25) is 9.52 Å². The van der Waals surface area contributed by atoms with Gasteiger partial charge in [-0.1, -0.05) is 12.1 Å². The van der Waals surface area contributed by atoms with E-state index in [9.17, 15) is 13.2 Å². The molecule has 4 N–H and O–H groups in total. The first-order valence-electron chi connectivity index (χ1n) is 9.28. The molecule has 3 aromatic rings. The smallest absolute Gasteiger partial charge is 0.229 e. The van der Waals surface area contributed by atoms with E-state index in [-0.39, 0.29) is 18.9 Å². The predicted molar refractivity (Wildman–Crippen MR) is 113 cm³/mol. The van der Waals surface area contributed by atoms with Crippen LogP contribution in [0, 0.1) is 0 Å². The van der Waals surface area contributed by atoms with Gasteiger partial charge in [0.25, 0.3) is 0 Å². The number of anilines is 1. The van der Waals surface area contributed by atoms with E-state index < -0.39 is 10.0 Å². The van der Waals surface area contributed by atoms with E-state index >= 15 is 0 Å². The number of benzene rings is 1. The van der Waals surface area contributed by atoms with Crippen LogP contribution in [0.3, 0.4) is 0 Å². The number of carbonyl (C=O) groups excluding carboxylic acids is 1. The molecule has 8 nitrogen and oxygen atoms in total. The molecule has 0 spiro atoms. The van der Waals surface area contributed by atoms with Gasteiger partial charge in [-0.25, -0.2) is 13.4 Å². The van der Waals surface area contributed by atoms with E-state index in [4.69, 9.17) is 5.11 Å². The second-order valence-electron chi connectivity index (χ2n) is 6.82. The third-order valence-electron chi connectivity index (χ3n) is 4.34. The monoisotopic (exact) mass is 416 g/mol. The molecule has 0 saturated heterocycles. The van der Waals surface area contributed by atoms with Crippen LogP contribution in [0.25, 0.3) is 22.2 Å². The van der Waals surface area contributed by atoms with Crippen molar-refractivity contribution >= 4 is 32.7 Å². The average molecular weight is 417 g/mol. The second kappa shape index (κ2) is 9.06. The maximum absolute atomic E-state index is 12.1. The first kappa shape index (κ1) is 20.8. The van der Waals surface area contributed by atoms with Crippen LogP contribution in [0.1, 0.15) is 18.5 Å². The summed E-state index contributed by atoms with van der Waals surface area (Å²) in [5.41, 5.74) is 3.79. The van der Waals surface area contributed by atoms with Gasteiger partial charge in [0, 0.05) is 36.1 Å². The quantitative estimate of drug-likeness (QED) is 0.397. The van der Waals surface area contributed by atoms with Crippen LogP contribution in [0.2, 0.25) is 0 Å². The predicted octanol–water partition coefficient (Wildman–Crippen LogP) is 2.03. The van der Waals surface area contributed by atoms with Crippen molar-refractivity contribution < 1.29 is 18.3 Å². The normalized spacial score (nSPS) is 11.5. The van der Waals surface area contributed by atoms with Gasteiger partial charge < -0.3 is 15.4 Å². The number of H-pyrrole nitrogens is 1. The van der Waals surface area contributed by atoms with Gasteiger partial charge >= 0.3 is 0 Å². The number of aromatic amines is 1. The molecule has 0 fully saturated rings. The highest BCUT2D eigenvalue weighted by Gasteiger charge is 2.11. The lowest BCUT2D eigenvalue weighted by Crippen LogP contribution is -2.26. The van der Waals surface area contributed by atoms with Gasteiger partial charge in [-0.05, 0) is 48.2 Å². The molecule has 0 aliphatic carbocycles. The third-order valence-corrected chi connectivity index (χ3v) is 4.95. The number of hydrogen-bond acceptors (Lipinski definition) is 5. The third kappa shape index (κ3) is 5.78. The molecular formula is C20H24N4O4S. The highest BCUT2D eigenvalue weighted by atomic mass is 32.2. The number of unbranched alkanes of at least 4 members (excludes halogenated alkanes) is 1. The number of pyridine rings is 1. The van der Waals surface area contributed by atoms with E-state index in [2.05, 4.69) is 20.0 Å². The van der Waals surface area contributed by atoms with Crippen molar-refractivity contribution in [1.82, 2.24) is 15.3 Å². The zero-order chi connectivity index (χ0) is 20.9. The van der Waals surface area contributed by atoms with Gasteiger partial charge in [-0.2, -0.15) is 0 Å². The molecule has 0 aliphatic rings. The second-order valence-corrected chi connectivity index (χ2v) is 8.57. The molecule has 0 unspecified atom stereocenters. The van der Waals surface area contributed by atoms with E-state index in [1.165, 1.54) is 0 Å². The minimum absolute atomic E-state index is 0.0905. The number of nitrogens with zero attached hydrogens (tertiary/aromatic N) is 1. The Kier molecular flexibility index (Phi) is 6.50. The molecule has 9 heteroatoms. The Morgan fingerprint density at radius 2 is 1.93 bits per heavy atom. The minimum Gasteiger partial charge on any atom is -0.396 e. The van der Waals surface area contributed by atoms with E-state index in [0.29, 0.717) is 24.3 Å². The van der Waals surface area contributed by atoms with Crippen LogP contribution in [-0.4, -0.2) is 48.8 Å². The fourth-order valence-electron chi connectivity index (χ4n) is 3.06. The number of fused-ring (bicyclic) bond motifs is 1. The number of aliphatic hydroxyl groups is 1. The largest absolute Gasteiger partial charge is 0.396 e. The lowest BCUT2D eigenvalue weighted by molar-refractivity contribution is -0.120. The van der Waals surface area contributed by atoms with Gasteiger partial charge in [0.2, 0.25) is 15.9 Å². The Hall–Kier alpha value is -2.91. The Balaban J connectivity index is 1.77. The van der Waals surface area contributed by atoms with E-state index in [1.54, 1.807) is 18.3 Å². The first-order valence-corrected chi connectivity index (χ1v) is 11.2. The van der Waals surface area contributed by atoms with Crippen LogP contribution in [0.5, 0.6) is 0 Å². The zero-order valence-electron chi connectivity index (χ0n) is 16.1. The molecule has 29 heavy (non-hydrogen) atoms. The fourth-order valence-corrected chi connectivity index (χ4v) is 3.62. The van der Waals surface area contributed by atoms with E-state index in [1.807, 2.05) is 24.3 Å². The summed E-state index contributed by atoms with van der Waals surface area (Å²) in [6, 6.07) is 10.9. The SMILES string of the molecule is CS(=O)(=O)Nc1ccc(-c2ccnc3[nH]c(CC(=O)NCCCCO)cc23)cc1. The van der Waals surface area contributed by atoms with Gasteiger partial charge in [0.1, 0.15) is 5.65 Å². The summed E-state index contributed by atoms with van der Waals surface area (Å²) in [6.07, 6.45) is 4.42. The number of hydrogen-bond donors (Lipinski definition) is 4. The maximum Gasteiger partial charge on any atom is 0.229 e. The molecule has 1 aromatic carbocycles. The number of sulfonamides is 1. The van der Waals surface area contributed by atoms with Crippen LogP contribution in [0.15, 0.2) is 42.6 Å². The Bertz CT molecular complexity index is 1090. The Labute approximate surface area is 169 Å². The van der Waals surface area contributed by atoms with Crippen molar-refractivity contribution in [3.05, 3.63) is 48.3 Å². The molecule has 2 aromatic heterocycles. The van der Waals surface area contributed by atoms with Crippen LogP contribution >= 0.6 is 0 Å². The number of carbonyl (C=O) groups is 1. The summed E-state index contributed by atoms with van der Waals surface area (Å²) >= 11 is 0. The highest BCUT2D eigenvalue weighted by Crippen LogP contribution is 2.29. The van der Waals surface area contributed by atoms with Crippen LogP contribution in [0.4, 0.5) is 5.69 Å². The standard InChI is InChI=1S/C20H24N4O4S/c1-29(27,28)24-15-6-4-14(5-7-15)17-8-10-22-20-18(17)12-16(23-20)13-19(26)21-9-2-3-11-25/h4-8,10,12,24-25H,2-3,9,11,13H2,1H3,(H,21,26)(H,22,23). The number of nitrogens with one attached hydrogen (secondary N) is 3. The molecule has 3 rings (SSSR count). The van der Waals surface area contributed by atoms with Gasteiger partial charge in [-0.15, -0.1) is 0 Å². The summed E-state index contributed by atoms with van der Waals surface area (Å²) in [4.78, 5) is 19.6. The molecule has 0 aliphatic heterocycles. The van der Waals surface area contributed by atoms with Crippen molar-refractivity contribution in [2.24, 2.45) is 0 Å². The van der Waals surface area contributed by atoms with Crippen molar-refractivity contribution in [1.29, 1.82) is 0 Å².